The third kappa shape index (κ3) is 3.03. The summed E-state index contributed by atoms with van der Waals surface area (Å²) in [6, 6.07) is 11.7. The van der Waals surface area contributed by atoms with Crippen molar-refractivity contribution in [1.82, 2.24) is 15.3 Å². The first-order valence-corrected chi connectivity index (χ1v) is 8.23. The van der Waals surface area contributed by atoms with Crippen LogP contribution in [0.1, 0.15) is 23.2 Å². The molecule has 1 aliphatic rings. The van der Waals surface area contributed by atoms with Crippen LogP contribution >= 0.6 is 0 Å². The molecule has 3 heterocycles. The molecule has 0 aliphatic carbocycles. The van der Waals surface area contributed by atoms with Crippen LogP contribution in [0.3, 0.4) is 0 Å². The van der Waals surface area contributed by atoms with Crippen LogP contribution in [0.15, 0.2) is 48.8 Å². The Morgan fingerprint density at radius 1 is 1.25 bits per heavy atom. The number of aromatic amines is 1. The van der Waals surface area contributed by atoms with Gasteiger partial charge in [-0.15, -0.1) is 0 Å². The lowest BCUT2D eigenvalue weighted by molar-refractivity contribution is 0.0858. The van der Waals surface area contributed by atoms with Crippen molar-refractivity contribution < 1.29 is 9.53 Å². The summed E-state index contributed by atoms with van der Waals surface area (Å²) in [6.45, 7) is 1.38. The van der Waals surface area contributed by atoms with E-state index in [4.69, 9.17) is 4.74 Å². The van der Waals surface area contributed by atoms with Crippen molar-refractivity contribution in [2.24, 2.45) is 0 Å². The molecule has 0 spiro atoms. The summed E-state index contributed by atoms with van der Waals surface area (Å²) in [5.41, 5.74) is 3.62. The molecule has 1 fully saturated rings. The summed E-state index contributed by atoms with van der Waals surface area (Å²) < 4.78 is 5.52. The van der Waals surface area contributed by atoms with Gasteiger partial charge in [0.05, 0.1) is 6.10 Å². The van der Waals surface area contributed by atoms with Gasteiger partial charge in [0.1, 0.15) is 5.65 Å². The molecule has 0 radical (unpaired) electrons. The lowest BCUT2D eigenvalue weighted by Gasteiger charge is -2.11. The van der Waals surface area contributed by atoms with Crippen molar-refractivity contribution in [3.05, 3.63) is 54.4 Å². The second-order valence-corrected chi connectivity index (χ2v) is 6.06. The van der Waals surface area contributed by atoms with Crippen LogP contribution in [0.2, 0.25) is 0 Å². The van der Waals surface area contributed by atoms with E-state index in [1.807, 2.05) is 42.7 Å². The molecule has 1 saturated heterocycles. The van der Waals surface area contributed by atoms with Crippen molar-refractivity contribution in [1.29, 1.82) is 0 Å². The molecule has 4 rings (SSSR count). The number of hydrogen-bond acceptors (Lipinski definition) is 3. The molecule has 5 nitrogen and oxygen atoms in total. The maximum absolute atomic E-state index is 12.2. The minimum Gasteiger partial charge on any atom is -0.376 e. The van der Waals surface area contributed by atoms with Gasteiger partial charge in [0.2, 0.25) is 0 Å². The van der Waals surface area contributed by atoms with Crippen LogP contribution in [0, 0.1) is 0 Å². The lowest BCUT2D eigenvalue weighted by atomic mass is 10.0. The fourth-order valence-corrected chi connectivity index (χ4v) is 3.03. The van der Waals surface area contributed by atoms with Crippen LogP contribution in [-0.2, 0) is 4.74 Å². The summed E-state index contributed by atoms with van der Waals surface area (Å²) in [5.74, 6) is -0.0590. The van der Waals surface area contributed by atoms with Gasteiger partial charge >= 0.3 is 0 Å². The van der Waals surface area contributed by atoms with E-state index in [0.717, 1.165) is 41.6 Å². The maximum atomic E-state index is 12.2. The lowest BCUT2D eigenvalue weighted by Crippen LogP contribution is -2.31. The number of carbonyl (C=O) groups excluding carboxylic acids is 1. The molecule has 5 heteroatoms. The largest absolute Gasteiger partial charge is 0.376 e. The monoisotopic (exact) mass is 321 g/mol. The van der Waals surface area contributed by atoms with Crippen LogP contribution in [-0.4, -0.2) is 35.1 Å². The number of nitrogens with one attached hydrogen (secondary N) is 2. The van der Waals surface area contributed by atoms with Gasteiger partial charge in [0.25, 0.3) is 5.91 Å². The molecule has 2 N–H and O–H groups in total. The number of pyridine rings is 1. The molecule has 1 aromatic carbocycles. The highest BCUT2D eigenvalue weighted by Gasteiger charge is 2.16. The number of nitrogens with zero attached hydrogens (tertiary/aromatic N) is 1. The molecular weight excluding hydrogens is 302 g/mol. The third-order valence-electron chi connectivity index (χ3n) is 4.39. The average molecular weight is 321 g/mol. The zero-order chi connectivity index (χ0) is 16.4. The minimum atomic E-state index is -0.0590. The Balaban J connectivity index is 1.46. The van der Waals surface area contributed by atoms with E-state index in [9.17, 15) is 4.79 Å². The first kappa shape index (κ1) is 14.9. The van der Waals surface area contributed by atoms with Gasteiger partial charge in [-0.25, -0.2) is 4.98 Å². The Bertz CT molecular complexity index is 848. The summed E-state index contributed by atoms with van der Waals surface area (Å²) in [6.07, 6.45) is 5.98. The van der Waals surface area contributed by atoms with E-state index in [2.05, 4.69) is 21.4 Å². The number of H-pyrrole nitrogens is 1. The molecule has 0 bridgehead atoms. The highest BCUT2D eigenvalue weighted by atomic mass is 16.5. The fourth-order valence-electron chi connectivity index (χ4n) is 3.03. The molecular formula is C19H19N3O2. The first-order valence-electron chi connectivity index (χ1n) is 8.23. The van der Waals surface area contributed by atoms with Crippen LogP contribution < -0.4 is 5.32 Å². The van der Waals surface area contributed by atoms with E-state index >= 15 is 0 Å². The second kappa shape index (κ2) is 6.45. The Morgan fingerprint density at radius 2 is 2.12 bits per heavy atom. The number of hydrogen-bond donors (Lipinski definition) is 2. The molecule has 1 aliphatic heterocycles. The number of fused-ring (bicyclic) bond motifs is 1. The molecule has 1 amide bonds. The number of aromatic nitrogens is 2. The highest BCUT2D eigenvalue weighted by molar-refractivity contribution is 5.94. The topological polar surface area (TPSA) is 67.0 Å². The SMILES string of the molecule is O=C(NCC1CCCO1)c1ccc(-c2cnc3[nH]ccc3c2)cc1. The van der Waals surface area contributed by atoms with Gasteiger partial charge in [0.15, 0.2) is 0 Å². The van der Waals surface area contributed by atoms with E-state index in [0.29, 0.717) is 12.1 Å². The van der Waals surface area contributed by atoms with Crippen molar-refractivity contribution in [3.8, 4) is 11.1 Å². The van der Waals surface area contributed by atoms with Crippen molar-refractivity contribution in [3.63, 3.8) is 0 Å². The summed E-state index contributed by atoms with van der Waals surface area (Å²) in [5, 5.41) is 4.02. The van der Waals surface area contributed by atoms with Crippen molar-refractivity contribution in [2.45, 2.75) is 18.9 Å². The normalized spacial score (nSPS) is 17.2. The molecule has 3 aromatic rings. The molecule has 122 valence electrons. The van der Waals surface area contributed by atoms with Gasteiger partial charge in [-0.1, -0.05) is 12.1 Å². The zero-order valence-electron chi connectivity index (χ0n) is 13.3. The van der Waals surface area contributed by atoms with Gasteiger partial charge in [-0.3, -0.25) is 4.79 Å². The van der Waals surface area contributed by atoms with Gasteiger partial charge in [0, 0.05) is 42.1 Å². The number of amides is 1. The number of benzene rings is 1. The molecule has 1 atom stereocenters. The van der Waals surface area contributed by atoms with Gasteiger partial charge in [-0.2, -0.15) is 0 Å². The maximum Gasteiger partial charge on any atom is 0.251 e. The van der Waals surface area contributed by atoms with E-state index in [1.54, 1.807) is 0 Å². The van der Waals surface area contributed by atoms with Crippen molar-refractivity contribution in [2.75, 3.05) is 13.2 Å². The first-order chi connectivity index (χ1) is 11.8. The van der Waals surface area contributed by atoms with E-state index in [1.165, 1.54) is 0 Å². The molecule has 1 unspecified atom stereocenters. The average Bonchev–Trinajstić information content (AvgIpc) is 3.30. The summed E-state index contributed by atoms with van der Waals surface area (Å²) >= 11 is 0. The number of ether oxygens (including phenoxy) is 1. The Labute approximate surface area is 140 Å². The van der Waals surface area contributed by atoms with E-state index < -0.39 is 0 Å². The van der Waals surface area contributed by atoms with Crippen LogP contribution in [0.25, 0.3) is 22.2 Å². The third-order valence-corrected chi connectivity index (χ3v) is 4.39. The van der Waals surface area contributed by atoms with Crippen LogP contribution in [0.4, 0.5) is 0 Å². The number of carbonyl (C=O) groups is 1. The molecule has 24 heavy (non-hydrogen) atoms. The quantitative estimate of drug-likeness (QED) is 0.776. The standard InChI is InChI=1S/C19H19N3O2/c23-19(22-12-17-2-1-9-24-17)14-5-3-13(4-6-14)16-10-15-7-8-20-18(15)21-11-16/h3-8,10-11,17H,1-2,9,12H2,(H,20,21)(H,22,23). The predicted octanol–water partition coefficient (Wildman–Crippen LogP) is 3.14. The Kier molecular flexibility index (Phi) is 4.01. The Morgan fingerprint density at radius 3 is 2.92 bits per heavy atom. The minimum absolute atomic E-state index is 0.0590. The Hall–Kier alpha value is -2.66. The molecule has 0 saturated carbocycles. The zero-order valence-corrected chi connectivity index (χ0v) is 13.3. The van der Waals surface area contributed by atoms with Crippen molar-refractivity contribution >= 4 is 16.9 Å². The van der Waals surface area contributed by atoms with Gasteiger partial charge < -0.3 is 15.0 Å². The summed E-state index contributed by atoms with van der Waals surface area (Å²) in [7, 11) is 0. The van der Waals surface area contributed by atoms with Crippen LogP contribution in [0.5, 0.6) is 0 Å². The fraction of sp³-hybridized carbons (Fsp3) is 0.263. The predicted molar refractivity (Wildman–Crippen MR) is 92.8 cm³/mol. The van der Waals surface area contributed by atoms with E-state index in [-0.39, 0.29) is 12.0 Å². The smallest absolute Gasteiger partial charge is 0.251 e. The molecule has 2 aromatic heterocycles. The highest BCUT2D eigenvalue weighted by Crippen LogP contribution is 2.22. The summed E-state index contributed by atoms with van der Waals surface area (Å²) in [4.78, 5) is 19.7. The van der Waals surface area contributed by atoms with Gasteiger partial charge in [-0.05, 0) is 42.7 Å². The second-order valence-electron chi connectivity index (χ2n) is 6.06. The number of rotatable bonds is 4.